The number of ether oxygens (including phenoxy) is 1. The molecule has 1 N–H and O–H groups in total. The number of carbonyl (C=O) groups is 1. The van der Waals surface area contributed by atoms with E-state index in [1.165, 1.54) is 0 Å². The number of nitrogens with zero attached hydrogens (tertiary/aromatic N) is 3. The first-order valence-corrected chi connectivity index (χ1v) is 9.96. The van der Waals surface area contributed by atoms with Crippen LogP contribution in [0.2, 0.25) is 0 Å². The van der Waals surface area contributed by atoms with E-state index >= 15 is 0 Å². The first-order chi connectivity index (χ1) is 13.6. The van der Waals surface area contributed by atoms with Gasteiger partial charge in [-0.2, -0.15) is 0 Å². The van der Waals surface area contributed by atoms with Crippen molar-refractivity contribution >= 4 is 5.91 Å². The van der Waals surface area contributed by atoms with Crippen molar-refractivity contribution in [3.05, 3.63) is 53.2 Å². The van der Waals surface area contributed by atoms with Gasteiger partial charge in [-0.15, -0.1) is 0 Å². The zero-order valence-corrected chi connectivity index (χ0v) is 17.1. The molecule has 2 aromatic rings. The third kappa shape index (κ3) is 5.30. The summed E-state index contributed by atoms with van der Waals surface area (Å²) in [5.74, 6) is 1.39. The Morgan fingerprint density at radius 2 is 1.75 bits per heavy atom. The monoisotopic (exact) mass is 382 g/mol. The number of pyridine rings is 1. The molecule has 6 heteroatoms. The van der Waals surface area contributed by atoms with Crippen molar-refractivity contribution in [1.29, 1.82) is 0 Å². The fraction of sp³-hybridized carbons (Fsp3) is 0.455. The van der Waals surface area contributed by atoms with Crippen LogP contribution in [0.4, 0.5) is 0 Å². The van der Waals surface area contributed by atoms with Crippen molar-refractivity contribution in [3.8, 4) is 11.6 Å². The van der Waals surface area contributed by atoms with Crippen LogP contribution in [0.1, 0.15) is 23.6 Å². The van der Waals surface area contributed by atoms with Crippen LogP contribution in [-0.4, -0.2) is 60.0 Å². The molecule has 1 aromatic carbocycles. The highest BCUT2D eigenvalue weighted by Crippen LogP contribution is 2.29. The van der Waals surface area contributed by atoms with Gasteiger partial charge in [-0.1, -0.05) is 31.2 Å². The highest BCUT2D eigenvalue weighted by Gasteiger charge is 2.18. The summed E-state index contributed by atoms with van der Waals surface area (Å²) in [5, 5.41) is 3.01. The van der Waals surface area contributed by atoms with E-state index in [2.05, 4.69) is 27.0 Å². The van der Waals surface area contributed by atoms with Crippen LogP contribution >= 0.6 is 0 Å². The molecule has 1 saturated heterocycles. The molecule has 2 heterocycles. The fourth-order valence-electron chi connectivity index (χ4n) is 3.42. The lowest BCUT2D eigenvalue weighted by Gasteiger charge is -2.33. The van der Waals surface area contributed by atoms with Gasteiger partial charge in [0.2, 0.25) is 11.8 Å². The molecule has 150 valence electrons. The lowest BCUT2D eigenvalue weighted by molar-refractivity contribution is -0.122. The number of amides is 1. The van der Waals surface area contributed by atoms with Gasteiger partial charge in [-0.25, -0.2) is 4.98 Å². The summed E-state index contributed by atoms with van der Waals surface area (Å²) in [5.41, 5.74) is 2.99. The molecule has 1 aliphatic heterocycles. The topological polar surface area (TPSA) is 57.7 Å². The number of hydrogen-bond donors (Lipinski definition) is 1. The second kappa shape index (κ2) is 9.66. The van der Waals surface area contributed by atoms with Crippen LogP contribution in [0.3, 0.4) is 0 Å². The number of likely N-dealkylation sites (N-methyl/N-ethyl adjacent to an activating group) is 1. The molecule has 1 fully saturated rings. The summed E-state index contributed by atoms with van der Waals surface area (Å²) < 4.78 is 6.10. The summed E-state index contributed by atoms with van der Waals surface area (Å²) in [6.45, 7) is 12.1. The predicted octanol–water partition coefficient (Wildman–Crippen LogP) is 2.74. The molecule has 6 nitrogen and oxygen atoms in total. The maximum absolute atomic E-state index is 12.4. The van der Waals surface area contributed by atoms with Crippen molar-refractivity contribution in [3.63, 3.8) is 0 Å². The van der Waals surface area contributed by atoms with Crippen LogP contribution < -0.4 is 10.1 Å². The molecule has 0 spiro atoms. The zero-order valence-electron chi connectivity index (χ0n) is 17.1. The fourth-order valence-corrected chi connectivity index (χ4v) is 3.42. The summed E-state index contributed by atoms with van der Waals surface area (Å²) in [4.78, 5) is 21.4. The van der Waals surface area contributed by atoms with Gasteiger partial charge in [-0.3, -0.25) is 9.69 Å². The van der Waals surface area contributed by atoms with Gasteiger partial charge in [-0.05, 0) is 37.6 Å². The Morgan fingerprint density at radius 1 is 1.07 bits per heavy atom. The van der Waals surface area contributed by atoms with Crippen molar-refractivity contribution in [2.45, 2.75) is 27.3 Å². The van der Waals surface area contributed by atoms with E-state index in [4.69, 9.17) is 4.74 Å². The largest absolute Gasteiger partial charge is 0.438 e. The summed E-state index contributed by atoms with van der Waals surface area (Å²) in [6.07, 6.45) is 1.71. The van der Waals surface area contributed by atoms with Gasteiger partial charge in [0.1, 0.15) is 5.75 Å². The minimum absolute atomic E-state index is 0.0341. The number of rotatable bonds is 7. The van der Waals surface area contributed by atoms with Gasteiger partial charge in [0.05, 0.1) is 6.54 Å². The van der Waals surface area contributed by atoms with E-state index in [9.17, 15) is 4.79 Å². The average Bonchev–Trinajstić information content (AvgIpc) is 2.70. The zero-order chi connectivity index (χ0) is 19.9. The van der Waals surface area contributed by atoms with Gasteiger partial charge in [0, 0.05) is 44.5 Å². The molecule has 0 radical (unpaired) electrons. The Bertz CT molecular complexity index is 781. The molecule has 1 aliphatic rings. The Kier molecular flexibility index (Phi) is 7.01. The number of benzene rings is 1. The maximum Gasteiger partial charge on any atom is 0.234 e. The van der Waals surface area contributed by atoms with E-state index in [-0.39, 0.29) is 5.91 Å². The minimum atomic E-state index is 0.0341. The van der Waals surface area contributed by atoms with Crippen LogP contribution in [-0.2, 0) is 11.3 Å². The summed E-state index contributed by atoms with van der Waals surface area (Å²) in [7, 11) is 0. The number of para-hydroxylation sites is 1. The Balaban J connectivity index is 1.57. The highest BCUT2D eigenvalue weighted by atomic mass is 16.5. The number of piperazine rings is 1. The van der Waals surface area contributed by atoms with Crippen LogP contribution in [0.15, 0.2) is 36.5 Å². The maximum atomic E-state index is 12.4. The van der Waals surface area contributed by atoms with Crippen molar-refractivity contribution < 1.29 is 9.53 Å². The van der Waals surface area contributed by atoms with E-state index in [1.807, 2.05) is 44.2 Å². The molecule has 1 amide bonds. The lowest BCUT2D eigenvalue weighted by atomic mass is 10.1. The summed E-state index contributed by atoms with van der Waals surface area (Å²) >= 11 is 0. The first-order valence-electron chi connectivity index (χ1n) is 9.96. The molecule has 0 aliphatic carbocycles. The molecule has 0 saturated carbocycles. The molecule has 0 unspecified atom stereocenters. The van der Waals surface area contributed by atoms with E-state index in [1.54, 1.807) is 6.20 Å². The molecule has 28 heavy (non-hydrogen) atoms. The number of carbonyl (C=O) groups excluding carboxylic acids is 1. The van der Waals surface area contributed by atoms with Crippen LogP contribution in [0, 0.1) is 13.8 Å². The Labute approximate surface area is 167 Å². The standard InChI is InChI=1S/C22H30N4O2/c1-4-25-11-13-26(14-12-25)16-20(27)24-15-19-9-6-10-23-22(19)28-21-17(2)7-5-8-18(21)3/h5-10H,4,11-16H2,1-3H3,(H,24,27). The molecule has 0 atom stereocenters. The number of aromatic nitrogens is 1. The molecule has 0 bridgehead atoms. The van der Waals surface area contributed by atoms with Crippen molar-refractivity contribution in [2.75, 3.05) is 39.3 Å². The molecular formula is C22H30N4O2. The van der Waals surface area contributed by atoms with Crippen molar-refractivity contribution in [2.24, 2.45) is 0 Å². The smallest absolute Gasteiger partial charge is 0.234 e. The van der Waals surface area contributed by atoms with E-state index in [0.717, 1.165) is 55.2 Å². The van der Waals surface area contributed by atoms with Gasteiger partial charge in [0.25, 0.3) is 0 Å². The SMILES string of the molecule is CCN1CCN(CC(=O)NCc2cccnc2Oc2c(C)cccc2C)CC1. The first kappa shape index (κ1) is 20.3. The van der Waals surface area contributed by atoms with Crippen LogP contribution in [0.25, 0.3) is 0 Å². The number of aryl methyl sites for hydroxylation is 2. The number of nitrogens with one attached hydrogen (secondary N) is 1. The number of hydrogen-bond acceptors (Lipinski definition) is 5. The molecular weight excluding hydrogens is 352 g/mol. The lowest BCUT2D eigenvalue weighted by Crippen LogP contribution is -2.49. The van der Waals surface area contributed by atoms with E-state index < -0.39 is 0 Å². The Hall–Kier alpha value is -2.44. The van der Waals surface area contributed by atoms with Gasteiger partial charge in [0.15, 0.2) is 0 Å². The molecule has 3 rings (SSSR count). The molecule has 1 aromatic heterocycles. The third-order valence-electron chi connectivity index (χ3n) is 5.21. The van der Waals surface area contributed by atoms with Crippen molar-refractivity contribution in [1.82, 2.24) is 20.1 Å². The minimum Gasteiger partial charge on any atom is -0.438 e. The second-order valence-corrected chi connectivity index (χ2v) is 7.28. The van der Waals surface area contributed by atoms with Gasteiger partial charge < -0.3 is 15.0 Å². The third-order valence-corrected chi connectivity index (χ3v) is 5.21. The van der Waals surface area contributed by atoms with Gasteiger partial charge >= 0.3 is 0 Å². The van der Waals surface area contributed by atoms with Crippen LogP contribution in [0.5, 0.6) is 11.6 Å². The second-order valence-electron chi connectivity index (χ2n) is 7.28. The quantitative estimate of drug-likeness (QED) is 0.798. The normalized spacial score (nSPS) is 15.4. The highest BCUT2D eigenvalue weighted by molar-refractivity contribution is 5.78. The Morgan fingerprint density at radius 3 is 2.43 bits per heavy atom. The predicted molar refractivity (Wildman–Crippen MR) is 111 cm³/mol. The summed E-state index contributed by atoms with van der Waals surface area (Å²) in [6, 6.07) is 9.85. The van der Waals surface area contributed by atoms with E-state index in [0.29, 0.717) is 19.0 Å². The average molecular weight is 383 g/mol.